The van der Waals surface area contributed by atoms with Gasteiger partial charge in [-0.15, -0.1) is 0 Å². The van der Waals surface area contributed by atoms with E-state index in [9.17, 15) is 0 Å². The molecule has 0 amide bonds. The maximum atomic E-state index is 9.15. The van der Waals surface area contributed by atoms with E-state index in [0.29, 0.717) is 11.6 Å². The molecule has 0 radical (unpaired) electrons. The van der Waals surface area contributed by atoms with Crippen molar-refractivity contribution in [1.29, 1.82) is 0 Å². The van der Waals surface area contributed by atoms with E-state index in [2.05, 4.69) is 13.8 Å². The summed E-state index contributed by atoms with van der Waals surface area (Å²) in [6.45, 7) is 8.31. The van der Waals surface area contributed by atoms with E-state index in [1.165, 1.54) is 5.56 Å². The number of phenolic OH excluding ortho intramolecular Hbond substituents is 1. The minimum Gasteiger partial charge on any atom is -0.506 e. The van der Waals surface area contributed by atoms with Crippen molar-refractivity contribution in [3.8, 4) is 5.75 Å². The van der Waals surface area contributed by atoms with Gasteiger partial charge in [0.25, 0.3) is 0 Å². The SMILES string of the molecule is CC.CC(C)Cc1ccc(O)c(N)c1. The van der Waals surface area contributed by atoms with E-state index < -0.39 is 0 Å². The van der Waals surface area contributed by atoms with Crippen molar-refractivity contribution < 1.29 is 5.11 Å². The van der Waals surface area contributed by atoms with Crippen molar-refractivity contribution in [2.75, 3.05) is 5.73 Å². The van der Waals surface area contributed by atoms with Gasteiger partial charge < -0.3 is 10.8 Å². The summed E-state index contributed by atoms with van der Waals surface area (Å²) in [6, 6.07) is 5.38. The molecule has 0 atom stereocenters. The summed E-state index contributed by atoms with van der Waals surface area (Å²) < 4.78 is 0. The van der Waals surface area contributed by atoms with E-state index >= 15 is 0 Å². The lowest BCUT2D eigenvalue weighted by Gasteiger charge is -2.06. The number of nitrogen functional groups attached to an aromatic ring is 1. The average molecular weight is 195 g/mol. The minimum atomic E-state index is 0.169. The number of anilines is 1. The summed E-state index contributed by atoms with van der Waals surface area (Å²) >= 11 is 0. The molecule has 0 fully saturated rings. The lowest BCUT2D eigenvalue weighted by Crippen LogP contribution is -1.95. The van der Waals surface area contributed by atoms with Crippen LogP contribution in [0, 0.1) is 5.92 Å². The first-order chi connectivity index (χ1) is 6.59. The fourth-order valence-electron chi connectivity index (χ4n) is 1.20. The standard InChI is InChI=1S/C10H15NO.C2H6/c1-7(2)5-8-3-4-10(12)9(11)6-8;1-2/h3-4,6-7,12H,5,11H2,1-2H3;1-2H3. The molecule has 0 spiro atoms. The summed E-state index contributed by atoms with van der Waals surface area (Å²) in [5.41, 5.74) is 7.19. The van der Waals surface area contributed by atoms with Crippen LogP contribution in [0.1, 0.15) is 33.3 Å². The molecule has 0 heterocycles. The van der Waals surface area contributed by atoms with Gasteiger partial charge in [0.1, 0.15) is 5.75 Å². The summed E-state index contributed by atoms with van der Waals surface area (Å²) in [7, 11) is 0. The largest absolute Gasteiger partial charge is 0.506 e. The molecule has 0 aliphatic carbocycles. The van der Waals surface area contributed by atoms with Crippen LogP contribution in [0.3, 0.4) is 0 Å². The second-order valence-corrected chi connectivity index (χ2v) is 3.49. The van der Waals surface area contributed by atoms with Gasteiger partial charge in [-0.3, -0.25) is 0 Å². The summed E-state index contributed by atoms with van der Waals surface area (Å²) in [5, 5.41) is 9.15. The van der Waals surface area contributed by atoms with Crippen molar-refractivity contribution in [3.63, 3.8) is 0 Å². The predicted octanol–water partition coefficient (Wildman–Crippen LogP) is 3.20. The molecule has 0 saturated carbocycles. The van der Waals surface area contributed by atoms with Crippen LogP contribution >= 0.6 is 0 Å². The molecule has 2 nitrogen and oxygen atoms in total. The van der Waals surface area contributed by atoms with Crippen LogP contribution < -0.4 is 5.73 Å². The van der Waals surface area contributed by atoms with Gasteiger partial charge >= 0.3 is 0 Å². The Labute approximate surface area is 86.8 Å². The first-order valence-corrected chi connectivity index (χ1v) is 5.17. The molecular weight excluding hydrogens is 174 g/mol. The third-order valence-corrected chi connectivity index (χ3v) is 1.74. The van der Waals surface area contributed by atoms with Crippen molar-refractivity contribution in [2.24, 2.45) is 5.92 Å². The Morgan fingerprint density at radius 1 is 1.29 bits per heavy atom. The van der Waals surface area contributed by atoms with Gasteiger partial charge in [-0.25, -0.2) is 0 Å². The van der Waals surface area contributed by atoms with Crippen LogP contribution in [-0.2, 0) is 6.42 Å². The molecule has 14 heavy (non-hydrogen) atoms. The van der Waals surface area contributed by atoms with Gasteiger partial charge in [-0.2, -0.15) is 0 Å². The molecule has 1 rings (SSSR count). The van der Waals surface area contributed by atoms with Gasteiger partial charge in [0, 0.05) is 0 Å². The van der Waals surface area contributed by atoms with E-state index in [1.54, 1.807) is 6.07 Å². The third-order valence-electron chi connectivity index (χ3n) is 1.74. The van der Waals surface area contributed by atoms with Gasteiger partial charge in [-0.1, -0.05) is 33.8 Å². The number of hydrogen-bond acceptors (Lipinski definition) is 2. The number of phenols is 1. The van der Waals surface area contributed by atoms with Crippen LogP contribution in [0.2, 0.25) is 0 Å². The van der Waals surface area contributed by atoms with Crippen molar-refractivity contribution in [2.45, 2.75) is 34.1 Å². The van der Waals surface area contributed by atoms with Gasteiger partial charge in [0.05, 0.1) is 5.69 Å². The van der Waals surface area contributed by atoms with Crippen molar-refractivity contribution >= 4 is 5.69 Å². The molecule has 0 unspecified atom stereocenters. The second-order valence-electron chi connectivity index (χ2n) is 3.49. The van der Waals surface area contributed by atoms with Crippen LogP contribution in [-0.4, -0.2) is 5.11 Å². The number of benzene rings is 1. The molecule has 0 aliphatic heterocycles. The number of aromatic hydroxyl groups is 1. The molecule has 1 aromatic carbocycles. The van der Waals surface area contributed by atoms with Gasteiger partial charge in [0.15, 0.2) is 0 Å². The Kier molecular flexibility index (Phi) is 5.77. The van der Waals surface area contributed by atoms with E-state index in [-0.39, 0.29) is 5.75 Å². The summed E-state index contributed by atoms with van der Waals surface area (Å²) in [5.74, 6) is 0.788. The minimum absolute atomic E-state index is 0.169. The highest BCUT2D eigenvalue weighted by atomic mass is 16.3. The highest BCUT2D eigenvalue weighted by Crippen LogP contribution is 2.21. The Morgan fingerprint density at radius 2 is 1.86 bits per heavy atom. The Bertz CT molecular complexity index is 269. The second kappa shape index (κ2) is 6.30. The quantitative estimate of drug-likeness (QED) is 0.562. The first kappa shape index (κ1) is 12.8. The average Bonchev–Trinajstić information content (AvgIpc) is 2.14. The molecular formula is C12H21NO. The van der Waals surface area contributed by atoms with Crippen molar-refractivity contribution in [1.82, 2.24) is 0 Å². The predicted molar refractivity (Wildman–Crippen MR) is 62.4 cm³/mol. The Hall–Kier alpha value is -1.18. The van der Waals surface area contributed by atoms with E-state index in [4.69, 9.17) is 10.8 Å². The highest BCUT2D eigenvalue weighted by Gasteiger charge is 2.00. The van der Waals surface area contributed by atoms with Gasteiger partial charge in [0.2, 0.25) is 0 Å². The van der Waals surface area contributed by atoms with Gasteiger partial charge in [-0.05, 0) is 30.0 Å². The van der Waals surface area contributed by atoms with Crippen LogP contribution in [0.15, 0.2) is 18.2 Å². The molecule has 0 bridgehead atoms. The van der Waals surface area contributed by atoms with Crippen molar-refractivity contribution in [3.05, 3.63) is 23.8 Å². The molecule has 0 saturated heterocycles. The normalized spacial score (nSPS) is 9.50. The monoisotopic (exact) mass is 195 g/mol. The van der Waals surface area contributed by atoms with Crippen LogP contribution in [0.25, 0.3) is 0 Å². The maximum absolute atomic E-state index is 9.15. The van der Waals surface area contributed by atoms with E-state index in [0.717, 1.165) is 6.42 Å². The third kappa shape index (κ3) is 4.17. The Morgan fingerprint density at radius 3 is 2.29 bits per heavy atom. The zero-order valence-corrected chi connectivity index (χ0v) is 9.54. The molecule has 80 valence electrons. The van der Waals surface area contributed by atoms with Crippen LogP contribution in [0.4, 0.5) is 5.69 Å². The molecule has 2 heteroatoms. The number of rotatable bonds is 2. The lowest BCUT2D eigenvalue weighted by atomic mass is 10.0. The molecule has 1 aromatic rings. The number of nitrogens with two attached hydrogens (primary N) is 1. The fraction of sp³-hybridized carbons (Fsp3) is 0.500. The maximum Gasteiger partial charge on any atom is 0.138 e. The topological polar surface area (TPSA) is 46.2 Å². The molecule has 3 N–H and O–H groups in total. The van der Waals surface area contributed by atoms with E-state index in [1.807, 2.05) is 26.0 Å². The fourth-order valence-corrected chi connectivity index (χ4v) is 1.20. The first-order valence-electron chi connectivity index (χ1n) is 5.17. The smallest absolute Gasteiger partial charge is 0.138 e. The zero-order chi connectivity index (χ0) is 11.1. The Balaban J connectivity index is 0.000000791. The number of hydrogen-bond donors (Lipinski definition) is 2. The molecule has 0 aliphatic rings. The summed E-state index contributed by atoms with van der Waals surface area (Å²) in [6.07, 6.45) is 1.00. The molecule has 0 aromatic heterocycles. The summed E-state index contributed by atoms with van der Waals surface area (Å²) in [4.78, 5) is 0. The van der Waals surface area contributed by atoms with Crippen LogP contribution in [0.5, 0.6) is 5.75 Å². The highest BCUT2D eigenvalue weighted by molar-refractivity contribution is 5.53. The zero-order valence-electron chi connectivity index (χ0n) is 9.54. The lowest BCUT2D eigenvalue weighted by molar-refractivity contribution is 0.477.